The van der Waals surface area contributed by atoms with E-state index in [1.807, 2.05) is 0 Å². The van der Waals surface area contributed by atoms with Crippen LogP contribution in [0.2, 0.25) is 0 Å². The summed E-state index contributed by atoms with van der Waals surface area (Å²) in [5, 5.41) is 9.73. The van der Waals surface area contributed by atoms with E-state index in [2.05, 4.69) is 35.0 Å². The standard InChI is InChI=1S/C40H78O13P2/c1-3-5-7-9-11-13-15-17-18-20-22-24-26-28-30-32-40(43)53-38(36-52-55(47,48)51-34-37(41)33-50-54(44,45)46)35-49-39(42)31-29-27-25-23-21-19-16-14-12-10-8-6-4-2/h17-18,37-38,41H,3-16,19-36H2,1-2H3,(H,47,48)(H2,44,45,46)/b18-17-/t37-,38-/m1/s1. The molecule has 0 saturated carbocycles. The summed E-state index contributed by atoms with van der Waals surface area (Å²) >= 11 is 0. The highest BCUT2D eigenvalue weighted by Gasteiger charge is 2.28. The molecule has 0 aliphatic rings. The van der Waals surface area contributed by atoms with Gasteiger partial charge in [0.25, 0.3) is 0 Å². The van der Waals surface area contributed by atoms with Crippen molar-refractivity contribution in [2.24, 2.45) is 0 Å². The average Bonchev–Trinajstić information content (AvgIpc) is 3.14. The lowest BCUT2D eigenvalue weighted by Crippen LogP contribution is -2.30. The highest BCUT2D eigenvalue weighted by atomic mass is 31.2. The first-order valence-electron chi connectivity index (χ1n) is 21.4. The maximum Gasteiger partial charge on any atom is 0.472 e. The number of allylic oxidation sites excluding steroid dienone is 2. The van der Waals surface area contributed by atoms with Gasteiger partial charge in [0.05, 0.1) is 19.8 Å². The van der Waals surface area contributed by atoms with Crippen LogP contribution in [-0.2, 0) is 41.8 Å². The van der Waals surface area contributed by atoms with E-state index in [1.165, 1.54) is 96.3 Å². The molecular weight excluding hydrogens is 750 g/mol. The highest BCUT2D eigenvalue weighted by Crippen LogP contribution is 2.43. The Morgan fingerprint density at radius 2 is 0.891 bits per heavy atom. The van der Waals surface area contributed by atoms with Crippen molar-refractivity contribution in [3.63, 3.8) is 0 Å². The van der Waals surface area contributed by atoms with Crippen LogP contribution in [0.5, 0.6) is 0 Å². The van der Waals surface area contributed by atoms with Crippen molar-refractivity contribution in [3.05, 3.63) is 12.2 Å². The van der Waals surface area contributed by atoms with Gasteiger partial charge in [0.1, 0.15) is 12.7 Å². The van der Waals surface area contributed by atoms with Gasteiger partial charge in [-0.1, -0.05) is 154 Å². The number of ether oxygens (including phenoxy) is 2. The van der Waals surface area contributed by atoms with E-state index in [9.17, 15) is 28.7 Å². The minimum absolute atomic E-state index is 0.126. The number of phosphoric acid groups is 2. The molecule has 0 rings (SSSR count). The van der Waals surface area contributed by atoms with Gasteiger partial charge in [0.2, 0.25) is 0 Å². The molecule has 0 heterocycles. The maximum absolute atomic E-state index is 12.6. The summed E-state index contributed by atoms with van der Waals surface area (Å²) < 4.78 is 47.7. The third-order valence-corrected chi connectivity index (χ3v) is 10.6. The van der Waals surface area contributed by atoms with Crippen LogP contribution in [0, 0.1) is 0 Å². The maximum atomic E-state index is 12.6. The minimum atomic E-state index is -4.86. The number of carbonyl (C=O) groups is 2. The first kappa shape index (κ1) is 53.9. The van der Waals surface area contributed by atoms with Crippen molar-refractivity contribution in [1.82, 2.24) is 0 Å². The summed E-state index contributed by atoms with van der Waals surface area (Å²) in [6.45, 7) is 1.76. The molecule has 0 saturated heterocycles. The van der Waals surface area contributed by atoms with Gasteiger partial charge < -0.3 is 29.3 Å². The van der Waals surface area contributed by atoms with Gasteiger partial charge >= 0.3 is 27.6 Å². The molecule has 0 radical (unpaired) electrons. The predicted octanol–water partition coefficient (Wildman–Crippen LogP) is 10.6. The fourth-order valence-corrected chi connectivity index (χ4v) is 7.03. The number of aliphatic hydroxyl groups excluding tert-OH is 1. The van der Waals surface area contributed by atoms with Crippen LogP contribution in [0.3, 0.4) is 0 Å². The van der Waals surface area contributed by atoms with Crippen LogP contribution in [0.15, 0.2) is 12.2 Å². The molecule has 0 aromatic heterocycles. The van der Waals surface area contributed by atoms with Gasteiger partial charge in [0.15, 0.2) is 6.10 Å². The van der Waals surface area contributed by atoms with E-state index in [0.717, 1.165) is 57.8 Å². The largest absolute Gasteiger partial charge is 0.472 e. The molecule has 326 valence electrons. The van der Waals surface area contributed by atoms with E-state index < -0.39 is 59.6 Å². The van der Waals surface area contributed by atoms with Crippen molar-refractivity contribution in [1.29, 1.82) is 0 Å². The fraction of sp³-hybridized carbons (Fsp3) is 0.900. The molecule has 13 nitrogen and oxygen atoms in total. The second-order valence-electron chi connectivity index (χ2n) is 14.6. The number of phosphoric ester groups is 2. The average molecular weight is 829 g/mol. The highest BCUT2D eigenvalue weighted by molar-refractivity contribution is 7.47. The number of unbranched alkanes of at least 4 members (excludes halogenated alkanes) is 23. The normalized spacial score (nSPS) is 14.2. The molecule has 3 atom stereocenters. The van der Waals surface area contributed by atoms with E-state index in [0.29, 0.717) is 12.8 Å². The Labute approximate surface area is 332 Å². The number of carbonyl (C=O) groups excluding carboxylic acids is 2. The monoisotopic (exact) mass is 828 g/mol. The number of aliphatic hydroxyl groups is 1. The van der Waals surface area contributed by atoms with Gasteiger partial charge in [0, 0.05) is 12.8 Å². The van der Waals surface area contributed by atoms with Crippen LogP contribution in [-0.4, -0.2) is 70.4 Å². The quantitative estimate of drug-likeness (QED) is 0.0197. The second-order valence-corrected chi connectivity index (χ2v) is 17.3. The third kappa shape index (κ3) is 40.8. The zero-order valence-corrected chi connectivity index (χ0v) is 36.1. The van der Waals surface area contributed by atoms with Gasteiger partial charge in [-0.15, -0.1) is 0 Å². The zero-order chi connectivity index (χ0) is 40.9. The summed E-state index contributed by atoms with van der Waals surface area (Å²) in [5.41, 5.74) is 0. The van der Waals surface area contributed by atoms with E-state index >= 15 is 0 Å². The van der Waals surface area contributed by atoms with Gasteiger partial charge in [-0.2, -0.15) is 0 Å². The number of esters is 2. The Hall–Kier alpha value is -1.14. The van der Waals surface area contributed by atoms with Crippen molar-refractivity contribution in [2.45, 2.75) is 206 Å². The lowest BCUT2D eigenvalue weighted by molar-refractivity contribution is -0.161. The molecule has 0 aromatic carbocycles. The lowest BCUT2D eigenvalue weighted by Gasteiger charge is -2.20. The Bertz CT molecular complexity index is 1040. The molecule has 0 aliphatic heterocycles. The molecule has 0 bridgehead atoms. The van der Waals surface area contributed by atoms with Crippen molar-refractivity contribution in [2.75, 3.05) is 26.4 Å². The second kappa shape index (κ2) is 37.2. The summed E-state index contributed by atoms with van der Waals surface area (Å²) in [4.78, 5) is 52.6. The Balaban J connectivity index is 4.52. The molecule has 0 fully saturated rings. The summed E-state index contributed by atoms with van der Waals surface area (Å²) in [5.74, 6) is -1.03. The molecule has 15 heteroatoms. The van der Waals surface area contributed by atoms with E-state index in [4.69, 9.17) is 23.8 Å². The van der Waals surface area contributed by atoms with Gasteiger partial charge in [-0.3, -0.25) is 23.2 Å². The molecule has 0 aliphatic carbocycles. The Morgan fingerprint density at radius 1 is 0.509 bits per heavy atom. The summed E-state index contributed by atoms with van der Waals surface area (Å²) in [6.07, 6.45) is 32.0. The fourth-order valence-electron chi connectivity index (χ4n) is 5.87. The van der Waals surface area contributed by atoms with Crippen molar-refractivity contribution >= 4 is 27.6 Å². The number of rotatable bonds is 41. The molecule has 0 aromatic rings. The first-order valence-corrected chi connectivity index (χ1v) is 24.4. The Kier molecular flexibility index (Phi) is 36.4. The van der Waals surface area contributed by atoms with E-state index in [1.54, 1.807) is 0 Å². The predicted molar refractivity (Wildman–Crippen MR) is 216 cm³/mol. The third-order valence-electron chi connectivity index (χ3n) is 9.14. The van der Waals surface area contributed by atoms with Crippen LogP contribution in [0.1, 0.15) is 194 Å². The molecule has 0 spiro atoms. The molecule has 4 N–H and O–H groups in total. The van der Waals surface area contributed by atoms with Crippen molar-refractivity contribution in [3.8, 4) is 0 Å². The summed E-state index contributed by atoms with van der Waals surface area (Å²) in [7, 11) is -9.66. The minimum Gasteiger partial charge on any atom is -0.462 e. The molecule has 1 unspecified atom stereocenters. The lowest BCUT2D eigenvalue weighted by atomic mass is 10.0. The first-order chi connectivity index (χ1) is 26.4. The molecule has 55 heavy (non-hydrogen) atoms. The van der Waals surface area contributed by atoms with Crippen LogP contribution < -0.4 is 0 Å². The van der Waals surface area contributed by atoms with Crippen LogP contribution in [0.4, 0.5) is 0 Å². The van der Waals surface area contributed by atoms with Crippen molar-refractivity contribution < 1.29 is 61.6 Å². The summed E-state index contributed by atoms with van der Waals surface area (Å²) in [6, 6.07) is 0. The number of hydrogen-bond donors (Lipinski definition) is 4. The molecule has 0 amide bonds. The topological polar surface area (TPSA) is 195 Å². The molecular formula is C40H78O13P2. The van der Waals surface area contributed by atoms with Crippen LogP contribution in [0.25, 0.3) is 0 Å². The van der Waals surface area contributed by atoms with Crippen LogP contribution >= 0.6 is 15.6 Å². The van der Waals surface area contributed by atoms with Gasteiger partial charge in [-0.05, 0) is 38.5 Å². The smallest absolute Gasteiger partial charge is 0.462 e. The van der Waals surface area contributed by atoms with E-state index in [-0.39, 0.29) is 19.4 Å². The SMILES string of the molecule is CCCCCCCC/C=C\CCCCCCCC(=O)O[C@H](COC(=O)CCCCCCCCCCCCCCC)COP(=O)(O)OC[C@H](O)COP(=O)(O)O. The number of hydrogen-bond acceptors (Lipinski definition) is 10. The van der Waals surface area contributed by atoms with Gasteiger partial charge in [-0.25, -0.2) is 9.13 Å². The Morgan fingerprint density at radius 3 is 1.35 bits per heavy atom. The zero-order valence-electron chi connectivity index (χ0n) is 34.3.